The number of piperazine rings is 1. The van der Waals surface area contributed by atoms with Crippen LogP contribution >= 0.6 is 22.2 Å². The Hall–Kier alpha value is -1.71. The standard InChI is InChI=1S/C17H21ClN4O3S2/c1-12-3-5-14(6-4-12)9-15-19-17(26-20-15)22-8-7-21(10-13(22)2)16(23)11-27(18,24)25/h3-6,13H,7-11H2,1-2H3. The predicted molar refractivity (Wildman–Crippen MR) is 107 cm³/mol. The Morgan fingerprint density at radius 1 is 1.30 bits per heavy atom. The number of benzene rings is 1. The summed E-state index contributed by atoms with van der Waals surface area (Å²) in [7, 11) is 1.35. The molecule has 1 unspecified atom stereocenters. The summed E-state index contributed by atoms with van der Waals surface area (Å²) >= 11 is 1.35. The van der Waals surface area contributed by atoms with E-state index in [-0.39, 0.29) is 6.04 Å². The van der Waals surface area contributed by atoms with Gasteiger partial charge in [0.05, 0.1) is 0 Å². The smallest absolute Gasteiger partial charge is 0.241 e. The van der Waals surface area contributed by atoms with E-state index in [0.29, 0.717) is 26.1 Å². The van der Waals surface area contributed by atoms with E-state index in [1.807, 2.05) is 6.92 Å². The van der Waals surface area contributed by atoms with Gasteiger partial charge in [-0.2, -0.15) is 4.37 Å². The Labute approximate surface area is 167 Å². The molecule has 0 aliphatic carbocycles. The second-order valence-electron chi connectivity index (χ2n) is 6.72. The third-order valence-corrected chi connectivity index (χ3v) is 6.17. The lowest BCUT2D eigenvalue weighted by Crippen LogP contribution is -2.54. The van der Waals surface area contributed by atoms with Gasteiger partial charge in [-0.3, -0.25) is 4.79 Å². The molecule has 146 valence electrons. The first kappa shape index (κ1) is 20.0. The van der Waals surface area contributed by atoms with Crippen molar-refractivity contribution < 1.29 is 13.2 Å². The fraction of sp³-hybridized carbons (Fsp3) is 0.471. The van der Waals surface area contributed by atoms with E-state index >= 15 is 0 Å². The number of halogens is 1. The molecule has 0 bridgehead atoms. The van der Waals surface area contributed by atoms with Crippen molar-refractivity contribution in [3.8, 4) is 0 Å². The number of nitrogens with zero attached hydrogens (tertiary/aromatic N) is 4. The average molecular weight is 429 g/mol. The highest BCUT2D eigenvalue weighted by Crippen LogP contribution is 2.24. The molecule has 1 saturated heterocycles. The molecule has 1 fully saturated rings. The SMILES string of the molecule is Cc1ccc(Cc2nsc(N3CCN(C(=O)CS(=O)(=O)Cl)CC3C)n2)cc1. The molecule has 1 aliphatic rings. The Balaban J connectivity index is 1.62. The lowest BCUT2D eigenvalue weighted by molar-refractivity contribution is -0.129. The van der Waals surface area contributed by atoms with E-state index in [4.69, 9.17) is 10.7 Å². The molecule has 3 rings (SSSR count). The Morgan fingerprint density at radius 2 is 2.00 bits per heavy atom. The molecular formula is C17H21ClN4O3S2. The second kappa shape index (κ2) is 8.12. The summed E-state index contributed by atoms with van der Waals surface area (Å²) < 4.78 is 26.7. The number of carbonyl (C=O) groups is 1. The maximum atomic E-state index is 12.1. The van der Waals surface area contributed by atoms with Crippen LogP contribution in [0.5, 0.6) is 0 Å². The first-order valence-corrected chi connectivity index (χ1v) is 11.8. The third kappa shape index (κ3) is 5.40. The van der Waals surface area contributed by atoms with Gasteiger partial charge in [0.2, 0.25) is 20.1 Å². The van der Waals surface area contributed by atoms with Crippen LogP contribution < -0.4 is 4.90 Å². The fourth-order valence-corrected chi connectivity index (χ4v) is 4.60. The van der Waals surface area contributed by atoms with E-state index < -0.39 is 20.7 Å². The van der Waals surface area contributed by atoms with Gasteiger partial charge in [-0.15, -0.1) is 0 Å². The number of rotatable bonds is 5. The molecule has 1 aromatic carbocycles. The maximum absolute atomic E-state index is 12.1. The Kier molecular flexibility index (Phi) is 6.02. The monoisotopic (exact) mass is 428 g/mol. The van der Waals surface area contributed by atoms with E-state index in [0.717, 1.165) is 16.5 Å². The number of aryl methyl sites for hydroxylation is 1. The van der Waals surface area contributed by atoms with Crippen molar-refractivity contribution >= 4 is 42.3 Å². The largest absolute Gasteiger partial charge is 0.341 e. The molecule has 0 radical (unpaired) electrons. The third-order valence-electron chi connectivity index (χ3n) is 4.46. The molecule has 1 atom stereocenters. The minimum atomic E-state index is -3.84. The van der Waals surface area contributed by atoms with Gasteiger partial charge < -0.3 is 9.80 Å². The number of anilines is 1. The quantitative estimate of drug-likeness (QED) is 0.677. The summed E-state index contributed by atoms with van der Waals surface area (Å²) in [6.45, 7) is 5.47. The summed E-state index contributed by atoms with van der Waals surface area (Å²) in [4.78, 5) is 20.3. The number of carbonyl (C=O) groups excluding carboxylic acids is 1. The van der Waals surface area contributed by atoms with Crippen LogP contribution in [0.4, 0.5) is 5.13 Å². The molecule has 27 heavy (non-hydrogen) atoms. The fourth-order valence-electron chi connectivity index (χ4n) is 3.03. The van der Waals surface area contributed by atoms with Crippen LogP contribution in [-0.2, 0) is 20.3 Å². The molecule has 2 heterocycles. The lowest BCUT2D eigenvalue weighted by atomic mass is 10.1. The highest BCUT2D eigenvalue weighted by molar-refractivity contribution is 8.14. The first-order valence-electron chi connectivity index (χ1n) is 8.56. The molecule has 1 aromatic heterocycles. The molecule has 10 heteroatoms. The zero-order valence-corrected chi connectivity index (χ0v) is 17.5. The highest BCUT2D eigenvalue weighted by Gasteiger charge is 2.30. The van der Waals surface area contributed by atoms with Gasteiger partial charge in [-0.05, 0) is 19.4 Å². The van der Waals surface area contributed by atoms with Crippen molar-refractivity contribution in [3.05, 3.63) is 41.2 Å². The van der Waals surface area contributed by atoms with Crippen LogP contribution in [0.3, 0.4) is 0 Å². The molecular weight excluding hydrogens is 408 g/mol. The summed E-state index contributed by atoms with van der Waals surface area (Å²) in [6.07, 6.45) is 0.678. The Bertz CT molecular complexity index is 915. The van der Waals surface area contributed by atoms with E-state index in [1.165, 1.54) is 22.0 Å². The van der Waals surface area contributed by atoms with Gasteiger partial charge in [-0.25, -0.2) is 13.4 Å². The van der Waals surface area contributed by atoms with Crippen LogP contribution in [0, 0.1) is 6.92 Å². The van der Waals surface area contributed by atoms with Crippen molar-refractivity contribution in [1.29, 1.82) is 0 Å². The average Bonchev–Trinajstić information content (AvgIpc) is 3.03. The molecule has 1 aliphatic heterocycles. The summed E-state index contributed by atoms with van der Waals surface area (Å²) in [6, 6.07) is 8.31. The molecule has 0 saturated carbocycles. The zero-order valence-electron chi connectivity index (χ0n) is 15.1. The van der Waals surface area contributed by atoms with Gasteiger partial charge >= 0.3 is 0 Å². The maximum Gasteiger partial charge on any atom is 0.241 e. The second-order valence-corrected chi connectivity index (χ2v) is 10.2. The summed E-state index contributed by atoms with van der Waals surface area (Å²) in [5, 5.41) is 0.821. The molecule has 2 aromatic rings. The van der Waals surface area contributed by atoms with Crippen molar-refractivity contribution in [1.82, 2.24) is 14.3 Å². The van der Waals surface area contributed by atoms with Gasteiger partial charge in [0.25, 0.3) is 0 Å². The van der Waals surface area contributed by atoms with Crippen molar-refractivity contribution in [2.45, 2.75) is 26.3 Å². The zero-order chi connectivity index (χ0) is 19.6. The van der Waals surface area contributed by atoms with Crippen molar-refractivity contribution in [2.24, 2.45) is 0 Å². The van der Waals surface area contributed by atoms with Crippen LogP contribution in [0.1, 0.15) is 23.9 Å². The number of aromatic nitrogens is 2. The van der Waals surface area contributed by atoms with Gasteiger partial charge in [0, 0.05) is 54.3 Å². The minimum absolute atomic E-state index is 0.0147. The van der Waals surface area contributed by atoms with E-state index in [9.17, 15) is 13.2 Å². The minimum Gasteiger partial charge on any atom is -0.341 e. The van der Waals surface area contributed by atoms with E-state index in [2.05, 4.69) is 45.4 Å². The number of amides is 1. The van der Waals surface area contributed by atoms with Gasteiger partial charge in [0.1, 0.15) is 11.6 Å². The van der Waals surface area contributed by atoms with Gasteiger partial charge in [-0.1, -0.05) is 29.8 Å². The van der Waals surface area contributed by atoms with Crippen LogP contribution in [-0.4, -0.2) is 60.0 Å². The van der Waals surface area contributed by atoms with E-state index in [1.54, 1.807) is 0 Å². The molecule has 1 amide bonds. The predicted octanol–water partition coefficient (Wildman–Crippen LogP) is 2.04. The van der Waals surface area contributed by atoms with Crippen molar-refractivity contribution in [3.63, 3.8) is 0 Å². The Morgan fingerprint density at radius 3 is 2.63 bits per heavy atom. The van der Waals surface area contributed by atoms with Crippen LogP contribution in [0.15, 0.2) is 24.3 Å². The molecule has 0 spiro atoms. The van der Waals surface area contributed by atoms with Crippen molar-refractivity contribution in [2.75, 3.05) is 30.3 Å². The number of hydrogen-bond donors (Lipinski definition) is 0. The normalized spacial score (nSPS) is 18.0. The van der Waals surface area contributed by atoms with Gasteiger partial charge in [0.15, 0.2) is 0 Å². The first-order chi connectivity index (χ1) is 12.7. The molecule has 0 N–H and O–H groups in total. The highest BCUT2D eigenvalue weighted by atomic mass is 35.7. The van der Waals surface area contributed by atoms with Crippen LogP contribution in [0.25, 0.3) is 0 Å². The summed E-state index contributed by atoms with van der Waals surface area (Å²) in [5.41, 5.74) is 2.38. The molecule has 7 nitrogen and oxygen atoms in total. The number of hydrogen-bond acceptors (Lipinski definition) is 7. The topological polar surface area (TPSA) is 83.5 Å². The van der Waals surface area contributed by atoms with Crippen LogP contribution in [0.2, 0.25) is 0 Å². The summed E-state index contributed by atoms with van der Waals surface area (Å²) in [5.74, 6) is -0.354. The lowest BCUT2D eigenvalue weighted by Gasteiger charge is -2.39.